The van der Waals surface area contributed by atoms with E-state index >= 15 is 0 Å². The maximum absolute atomic E-state index is 3.78. The summed E-state index contributed by atoms with van der Waals surface area (Å²) in [4.78, 5) is 2.54. The summed E-state index contributed by atoms with van der Waals surface area (Å²) in [7, 11) is 0. The molecule has 1 saturated heterocycles. The Morgan fingerprint density at radius 1 is 1.33 bits per heavy atom. The zero-order valence-corrected chi connectivity index (χ0v) is 15.5. The lowest BCUT2D eigenvalue weighted by Gasteiger charge is -2.34. The number of anilines is 1. The van der Waals surface area contributed by atoms with E-state index in [9.17, 15) is 0 Å². The highest BCUT2D eigenvalue weighted by Crippen LogP contribution is 2.31. The molecule has 0 spiro atoms. The second kappa shape index (κ2) is 7.15. The van der Waals surface area contributed by atoms with E-state index in [1.807, 2.05) is 0 Å². The zero-order chi connectivity index (χ0) is 15.5. The summed E-state index contributed by atoms with van der Waals surface area (Å²) in [6.45, 7) is 12.2. The van der Waals surface area contributed by atoms with Crippen LogP contribution in [-0.2, 0) is 6.54 Å². The van der Waals surface area contributed by atoms with Crippen molar-refractivity contribution in [3.05, 3.63) is 28.2 Å². The number of piperidine rings is 1. The van der Waals surface area contributed by atoms with Gasteiger partial charge in [0, 0.05) is 29.6 Å². The number of hydrogen-bond acceptors (Lipinski definition) is 2. The van der Waals surface area contributed by atoms with Gasteiger partial charge in [-0.05, 0) is 73.2 Å². The highest BCUT2D eigenvalue weighted by Gasteiger charge is 2.20. The molecule has 21 heavy (non-hydrogen) atoms. The van der Waals surface area contributed by atoms with Gasteiger partial charge in [0.25, 0.3) is 0 Å². The van der Waals surface area contributed by atoms with Gasteiger partial charge in [0.2, 0.25) is 0 Å². The SMILES string of the molecule is CCC1CCCN(c2ccc(CNC(C)(C)C)cc2Br)C1. The molecule has 1 aromatic rings. The Bertz CT molecular complexity index is 465. The standard InChI is InChI=1S/C18H29BrN2/c1-5-14-7-6-10-21(13-14)17-9-8-15(11-16(17)19)12-20-18(2,3)4/h8-9,11,14,20H,5-7,10,12-13H2,1-4H3. The molecule has 2 rings (SSSR count). The number of halogens is 1. The molecular formula is C18H29BrN2. The van der Waals surface area contributed by atoms with Gasteiger partial charge in [0.1, 0.15) is 0 Å². The normalized spacial score (nSPS) is 19.9. The van der Waals surface area contributed by atoms with E-state index < -0.39 is 0 Å². The fourth-order valence-electron chi connectivity index (χ4n) is 2.90. The smallest absolute Gasteiger partial charge is 0.0510 e. The van der Waals surface area contributed by atoms with Crippen LogP contribution in [0.1, 0.15) is 52.5 Å². The van der Waals surface area contributed by atoms with Crippen LogP contribution in [0, 0.1) is 5.92 Å². The number of nitrogens with one attached hydrogen (secondary N) is 1. The zero-order valence-electron chi connectivity index (χ0n) is 13.9. The fraction of sp³-hybridized carbons (Fsp3) is 0.667. The van der Waals surface area contributed by atoms with Gasteiger partial charge in [0.05, 0.1) is 5.69 Å². The Morgan fingerprint density at radius 3 is 2.71 bits per heavy atom. The first kappa shape index (κ1) is 16.8. The van der Waals surface area contributed by atoms with Crippen molar-refractivity contribution in [2.75, 3.05) is 18.0 Å². The molecule has 1 aliphatic heterocycles. The molecule has 3 heteroatoms. The molecule has 1 N–H and O–H groups in total. The van der Waals surface area contributed by atoms with Crippen LogP contribution in [0.4, 0.5) is 5.69 Å². The first-order valence-electron chi connectivity index (χ1n) is 8.17. The van der Waals surface area contributed by atoms with Crippen molar-refractivity contribution in [1.82, 2.24) is 5.32 Å². The van der Waals surface area contributed by atoms with E-state index in [2.05, 4.69) is 72.0 Å². The van der Waals surface area contributed by atoms with E-state index in [4.69, 9.17) is 0 Å². The van der Waals surface area contributed by atoms with Crippen LogP contribution >= 0.6 is 15.9 Å². The van der Waals surface area contributed by atoms with Gasteiger partial charge in [-0.1, -0.05) is 19.4 Å². The molecule has 1 fully saturated rings. The third kappa shape index (κ3) is 5.00. The largest absolute Gasteiger partial charge is 0.370 e. The number of nitrogens with zero attached hydrogens (tertiary/aromatic N) is 1. The average molecular weight is 353 g/mol. The molecular weight excluding hydrogens is 324 g/mol. The Hall–Kier alpha value is -0.540. The van der Waals surface area contributed by atoms with Crippen LogP contribution in [0.2, 0.25) is 0 Å². The van der Waals surface area contributed by atoms with Crippen molar-refractivity contribution in [3.8, 4) is 0 Å². The van der Waals surface area contributed by atoms with Gasteiger partial charge in [0.15, 0.2) is 0 Å². The molecule has 1 aromatic carbocycles. The first-order valence-corrected chi connectivity index (χ1v) is 8.97. The summed E-state index contributed by atoms with van der Waals surface area (Å²) in [6.07, 6.45) is 4.00. The maximum Gasteiger partial charge on any atom is 0.0510 e. The van der Waals surface area contributed by atoms with Crippen molar-refractivity contribution < 1.29 is 0 Å². The Labute approximate surface area is 138 Å². The van der Waals surface area contributed by atoms with Crippen molar-refractivity contribution in [2.45, 2.75) is 59.0 Å². The van der Waals surface area contributed by atoms with Gasteiger partial charge >= 0.3 is 0 Å². The lowest BCUT2D eigenvalue weighted by Crippen LogP contribution is -2.36. The lowest BCUT2D eigenvalue weighted by molar-refractivity contribution is 0.404. The molecule has 2 nitrogen and oxygen atoms in total. The predicted octanol–water partition coefficient (Wildman–Crippen LogP) is 4.96. The van der Waals surface area contributed by atoms with Gasteiger partial charge in [-0.2, -0.15) is 0 Å². The number of rotatable bonds is 4. The second-order valence-electron chi connectivity index (χ2n) is 7.25. The molecule has 0 radical (unpaired) electrons. The minimum Gasteiger partial charge on any atom is -0.370 e. The lowest BCUT2D eigenvalue weighted by atomic mass is 9.95. The predicted molar refractivity (Wildman–Crippen MR) is 96.0 cm³/mol. The number of hydrogen-bond donors (Lipinski definition) is 1. The summed E-state index contributed by atoms with van der Waals surface area (Å²) in [5.41, 5.74) is 2.85. The first-order chi connectivity index (χ1) is 9.89. The topological polar surface area (TPSA) is 15.3 Å². The monoisotopic (exact) mass is 352 g/mol. The van der Waals surface area contributed by atoms with Crippen LogP contribution in [0.5, 0.6) is 0 Å². The van der Waals surface area contributed by atoms with Crippen LogP contribution in [0.25, 0.3) is 0 Å². The molecule has 118 valence electrons. The van der Waals surface area contributed by atoms with Crippen molar-refractivity contribution >= 4 is 21.6 Å². The molecule has 1 atom stereocenters. The molecule has 0 aromatic heterocycles. The number of benzene rings is 1. The van der Waals surface area contributed by atoms with Crippen LogP contribution in [0.3, 0.4) is 0 Å². The Kier molecular flexibility index (Phi) is 5.73. The Balaban J connectivity index is 2.05. The maximum atomic E-state index is 3.78. The summed E-state index contributed by atoms with van der Waals surface area (Å²) in [5.74, 6) is 0.855. The quantitative estimate of drug-likeness (QED) is 0.823. The van der Waals surface area contributed by atoms with Crippen LogP contribution in [0.15, 0.2) is 22.7 Å². The van der Waals surface area contributed by atoms with Gasteiger partial charge < -0.3 is 10.2 Å². The minimum atomic E-state index is 0.159. The third-order valence-electron chi connectivity index (χ3n) is 4.27. The van der Waals surface area contributed by atoms with E-state index in [1.54, 1.807) is 0 Å². The van der Waals surface area contributed by atoms with E-state index in [0.29, 0.717) is 0 Å². The van der Waals surface area contributed by atoms with Gasteiger partial charge in [-0.3, -0.25) is 0 Å². The molecule has 0 amide bonds. The molecule has 0 saturated carbocycles. The fourth-order valence-corrected chi connectivity index (χ4v) is 3.58. The Morgan fingerprint density at radius 2 is 2.10 bits per heavy atom. The van der Waals surface area contributed by atoms with Gasteiger partial charge in [-0.25, -0.2) is 0 Å². The van der Waals surface area contributed by atoms with Crippen molar-refractivity contribution in [1.29, 1.82) is 0 Å². The molecule has 1 unspecified atom stereocenters. The molecule has 1 heterocycles. The molecule has 1 aliphatic rings. The van der Waals surface area contributed by atoms with Gasteiger partial charge in [-0.15, -0.1) is 0 Å². The average Bonchev–Trinajstić information content (AvgIpc) is 2.44. The summed E-state index contributed by atoms with van der Waals surface area (Å²) >= 11 is 3.78. The van der Waals surface area contributed by atoms with Crippen molar-refractivity contribution in [3.63, 3.8) is 0 Å². The van der Waals surface area contributed by atoms with Crippen LogP contribution in [-0.4, -0.2) is 18.6 Å². The molecule has 0 aliphatic carbocycles. The van der Waals surface area contributed by atoms with E-state index in [-0.39, 0.29) is 5.54 Å². The highest BCUT2D eigenvalue weighted by molar-refractivity contribution is 9.10. The van der Waals surface area contributed by atoms with E-state index in [0.717, 1.165) is 12.5 Å². The summed E-state index contributed by atoms with van der Waals surface area (Å²) in [6, 6.07) is 6.81. The summed E-state index contributed by atoms with van der Waals surface area (Å²) < 4.78 is 1.23. The minimum absolute atomic E-state index is 0.159. The summed E-state index contributed by atoms with van der Waals surface area (Å²) in [5, 5.41) is 3.55. The van der Waals surface area contributed by atoms with Crippen molar-refractivity contribution in [2.24, 2.45) is 5.92 Å². The third-order valence-corrected chi connectivity index (χ3v) is 4.91. The highest BCUT2D eigenvalue weighted by atomic mass is 79.9. The van der Waals surface area contributed by atoms with Crippen LogP contribution < -0.4 is 10.2 Å². The second-order valence-corrected chi connectivity index (χ2v) is 8.11. The van der Waals surface area contributed by atoms with E-state index in [1.165, 1.54) is 48.1 Å². The molecule has 0 bridgehead atoms.